The van der Waals surface area contributed by atoms with E-state index in [1.165, 1.54) is 42.6 Å². The smallest absolute Gasteiger partial charge is 0.269 e. The zero-order valence-corrected chi connectivity index (χ0v) is 13.9. The van der Waals surface area contributed by atoms with E-state index in [0.29, 0.717) is 10.9 Å². The summed E-state index contributed by atoms with van der Waals surface area (Å²) in [6.45, 7) is 0. The molecule has 0 unspecified atom stereocenters. The number of hydrogen-bond acceptors (Lipinski definition) is 7. The molecule has 3 aromatic rings. The number of aliphatic imine (C=N–C) groups is 1. The van der Waals surface area contributed by atoms with Crippen LogP contribution >= 0.6 is 0 Å². The van der Waals surface area contributed by atoms with Crippen molar-refractivity contribution < 1.29 is 23.0 Å². The van der Waals surface area contributed by atoms with Gasteiger partial charge in [0.25, 0.3) is 5.69 Å². The molecular formula is C17H11N2O6S-. The fourth-order valence-corrected chi connectivity index (χ4v) is 3.18. The fraction of sp³-hybridized carbons (Fsp3) is 0. The van der Waals surface area contributed by atoms with E-state index in [1.807, 2.05) is 0 Å². The first-order chi connectivity index (χ1) is 12.3. The van der Waals surface area contributed by atoms with Gasteiger partial charge in [-0.1, -0.05) is 24.3 Å². The van der Waals surface area contributed by atoms with Gasteiger partial charge in [-0.15, -0.1) is 0 Å². The summed E-state index contributed by atoms with van der Waals surface area (Å²) in [6, 6.07) is 12.6. The highest BCUT2D eigenvalue weighted by Crippen LogP contribution is 2.39. The lowest BCUT2D eigenvalue weighted by molar-refractivity contribution is -0.384. The molecule has 132 valence electrons. The van der Waals surface area contributed by atoms with Gasteiger partial charge in [-0.05, 0) is 17.7 Å². The molecule has 0 saturated heterocycles. The van der Waals surface area contributed by atoms with Gasteiger partial charge < -0.3 is 9.66 Å². The molecule has 0 spiro atoms. The minimum atomic E-state index is -4.77. The fourth-order valence-electron chi connectivity index (χ4n) is 2.48. The standard InChI is InChI=1S/C17H12N2O6S/c20-15-9-16(26(23,24)25)13-3-1-2-4-14(13)17(15)18-10-11-5-7-12(8-6-11)19(21)22/h1-10,20H,(H,23,24,25)/p-1. The van der Waals surface area contributed by atoms with Gasteiger partial charge in [-0.25, -0.2) is 8.42 Å². The number of fused-ring (bicyclic) bond motifs is 1. The van der Waals surface area contributed by atoms with Gasteiger partial charge in [0.1, 0.15) is 21.6 Å². The molecule has 0 aromatic heterocycles. The number of non-ortho nitro benzene ring substituents is 1. The van der Waals surface area contributed by atoms with E-state index in [2.05, 4.69) is 4.99 Å². The molecule has 0 bridgehead atoms. The molecule has 0 aliphatic heterocycles. The molecule has 26 heavy (non-hydrogen) atoms. The Labute approximate surface area is 148 Å². The van der Waals surface area contributed by atoms with Crippen LogP contribution in [-0.2, 0) is 10.1 Å². The zero-order chi connectivity index (χ0) is 18.9. The maximum atomic E-state index is 11.4. The number of benzene rings is 3. The zero-order valence-electron chi connectivity index (χ0n) is 13.1. The highest BCUT2D eigenvalue weighted by atomic mass is 32.2. The Morgan fingerprint density at radius 1 is 1.04 bits per heavy atom. The van der Waals surface area contributed by atoms with Crippen molar-refractivity contribution in [3.05, 3.63) is 70.3 Å². The van der Waals surface area contributed by atoms with Crippen molar-refractivity contribution >= 4 is 38.5 Å². The molecule has 0 amide bonds. The third-order valence-corrected chi connectivity index (χ3v) is 4.55. The van der Waals surface area contributed by atoms with Gasteiger partial charge in [0, 0.05) is 35.2 Å². The Balaban J connectivity index is 2.11. The number of aromatic hydroxyl groups is 1. The normalized spacial score (nSPS) is 11.9. The highest BCUT2D eigenvalue weighted by Gasteiger charge is 2.14. The summed E-state index contributed by atoms with van der Waals surface area (Å²) < 4.78 is 34.2. The van der Waals surface area contributed by atoms with E-state index in [1.54, 1.807) is 12.1 Å². The first kappa shape index (κ1) is 17.5. The molecule has 0 aliphatic carbocycles. The molecule has 1 N–H and O–H groups in total. The summed E-state index contributed by atoms with van der Waals surface area (Å²) in [5, 5.41) is 21.2. The Morgan fingerprint density at radius 3 is 2.23 bits per heavy atom. The molecule has 0 atom stereocenters. The predicted octanol–water partition coefficient (Wildman–Crippen LogP) is 3.11. The first-order valence-corrected chi connectivity index (χ1v) is 8.67. The lowest BCUT2D eigenvalue weighted by Gasteiger charge is -2.13. The van der Waals surface area contributed by atoms with E-state index < -0.39 is 25.7 Å². The van der Waals surface area contributed by atoms with Gasteiger partial charge in [-0.3, -0.25) is 15.1 Å². The third kappa shape index (κ3) is 3.39. The molecule has 0 saturated carbocycles. The van der Waals surface area contributed by atoms with E-state index in [0.717, 1.165) is 6.07 Å². The molecule has 9 heteroatoms. The van der Waals surface area contributed by atoms with Gasteiger partial charge >= 0.3 is 0 Å². The molecule has 8 nitrogen and oxygen atoms in total. The third-order valence-electron chi connectivity index (χ3n) is 3.67. The number of hydrogen-bond donors (Lipinski definition) is 1. The Hall–Kier alpha value is -3.30. The number of phenols is 1. The Bertz CT molecular complexity index is 1140. The summed E-state index contributed by atoms with van der Waals surface area (Å²) >= 11 is 0. The molecule has 0 radical (unpaired) electrons. The van der Waals surface area contributed by atoms with Crippen molar-refractivity contribution in [1.29, 1.82) is 0 Å². The number of nitro benzene ring substituents is 1. The van der Waals surface area contributed by atoms with Crippen molar-refractivity contribution in [2.24, 2.45) is 4.99 Å². The predicted molar refractivity (Wildman–Crippen MR) is 93.9 cm³/mol. The molecule has 3 rings (SSSR count). The van der Waals surface area contributed by atoms with Crippen molar-refractivity contribution in [2.75, 3.05) is 0 Å². The Kier molecular flexibility index (Phi) is 4.41. The van der Waals surface area contributed by atoms with E-state index in [9.17, 15) is 28.2 Å². The summed E-state index contributed by atoms with van der Waals surface area (Å²) in [5.74, 6) is -0.462. The average Bonchev–Trinajstić information content (AvgIpc) is 2.60. The van der Waals surface area contributed by atoms with Crippen molar-refractivity contribution in [2.45, 2.75) is 4.90 Å². The summed E-state index contributed by atoms with van der Waals surface area (Å²) in [4.78, 5) is 13.8. The summed E-state index contributed by atoms with van der Waals surface area (Å²) in [5.41, 5.74) is 0.561. The first-order valence-electron chi connectivity index (χ1n) is 7.26. The van der Waals surface area contributed by atoms with Crippen LogP contribution in [0.15, 0.2) is 64.5 Å². The largest absolute Gasteiger partial charge is 0.744 e. The van der Waals surface area contributed by atoms with Crippen LogP contribution in [0.5, 0.6) is 5.75 Å². The van der Waals surface area contributed by atoms with Crippen LogP contribution < -0.4 is 0 Å². The maximum Gasteiger partial charge on any atom is 0.269 e. The molecular weight excluding hydrogens is 360 g/mol. The lowest BCUT2D eigenvalue weighted by atomic mass is 10.1. The van der Waals surface area contributed by atoms with E-state index in [4.69, 9.17) is 0 Å². The lowest BCUT2D eigenvalue weighted by Crippen LogP contribution is -1.99. The molecule has 0 fully saturated rings. The number of phenolic OH excluding ortho intramolecular Hbond substituents is 1. The molecule has 0 aliphatic rings. The molecule has 0 heterocycles. The Morgan fingerprint density at radius 2 is 1.65 bits per heavy atom. The topological polar surface area (TPSA) is 133 Å². The van der Waals surface area contributed by atoms with Crippen molar-refractivity contribution in [3.63, 3.8) is 0 Å². The summed E-state index contributed by atoms with van der Waals surface area (Å²) in [7, 11) is -4.77. The maximum absolute atomic E-state index is 11.4. The monoisotopic (exact) mass is 371 g/mol. The second kappa shape index (κ2) is 6.54. The van der Waals surface area contributed by atoms with Gasteiger partial charge in [-0.2, -0.15) is 0 Å². The molecule has 3 aromatic carbocycles. The van der Waals surface area contributed by atoms with Gasteiger partial charge in [0.2, 0.25) is 0 Å². The van der Waals surface area contributed by atoms with Crippen LogP contribution in [0.2, 0.25) is 0 Å². The number of rotatable bonds is 4. The van der Waals surface area contributed by atoms with Crippen LogP contribution in [-0.4, -0.2) is 29.2 Å². The van der Waals surface area contributed by atoms with E-state index in [-0.39, 0.29) is 16.8 Å². The summed E-state index contributed by atoms with van der Waals surface area (Å²) in [6.07, 6.45) is 1.37. The van der Waals surface area contributed by atoms with Crippen LogP contribution in [0.4, 0.5) is 11.4 Å². The quantitative estimate of drug-likeness (QED) is 0.324. The second-order valence-corrected chi connectivity index (χ2v) is 6.70. The number of nitro groups is 1. The van der Waals surface area contributed by atoms with Gasteiger partial charge in [0.15, 0.2) is 0 Å². The second-order valence-electron chi connectivity index (χ2n) is 5.35. The minimum absolute atomic E-state index is 0.0690. The average molecular weight is 371 g/mol. The van der Waals surface area contributed by atoms with E-state index >= 15 is 0 Å². The van der Waals surface area contributed by atoms with Crippen molar-refractivity contribution in [3.8, 4) is 5.75 Å². The van der Waals surface area contributed by atoms with Crippen LogP contribution in [0, 0.1) is 10.1 Å². The highest BCUT2D eigenvalue weighted by molar-refractivity contribution is 7.86. The minimum Gasteiger partial charge on any atom is -0.744 e. The van der Waals surface area contributed by atoms with Gasteiger partial charge in [0.05, 0.1) is 9.82 Å². The SMILES string of the molecule is O=[N+]([O-])c1ccc(C=Nc2c(O)cc(S(=O)(=O)[O-])c3ccccc23)cc1. The van der Waals surface area contributed by atoms with Crippen LogP contribution in [0.3, 0.4) is 0 Å². The van der Waals surface area contributed by atoms with Crippen molar-refractivity contribution in [1.82, 2.24) is 0 Å². The van der Waals surface area contributed by atoms with Crippen LogP contribution in [0.25, 0.3) is 10.8 Å². The number of nitrogens with zero attached hydrogens (tertiary/aromatic N) is 2. The van der Waals surface area contributed by atoms with Crippen LogP contribution in [0.1, 0.15) is 5.56 Å².